The van der Waals surface area contributed by atoms with Crippen LogP contribution in [0.15, 0.2) is 158 Å². The minimum Gasteiger partial charge on any atom is -0.309 e. The van der Waals surface area contributed by atoms with Gasteiger partial charge in [0, 0.05) is 38.0 Å². The third kappa shape index (κ3) is 3.38. The van der Waals surface area contributed by atoms with E-state index in [0.29, 0.717) is 0 Å². The summed E-state index contributed by atoms with van der Waals surface area (Å²) in [5, 5.41) is 7.74. The number of aromatic nitrogens is 2. The van der Waals surface area contributed by atoms with Crippen LogP contribution >= 0.6 is 0 Å². The number of rotatable bonds is 2. The molecule has 2 aliphatic carbocycles. The highest BCUT2D eigenvalue weighted by molar-refractivity contribution is 6.19. The quantitative estimate of drug-likeness (QED) is 0.177. The van der Waals surface area contributed by atoms with Gasteiger partial charge in [0.25, 0.3) is 0 Å². The number of hydrogen-bond acceptors (Lipinski definition) is 0. The maximum absolute atomic E-state index is 2.55. The Morgan fingerprint density at radius 3 is 1.71 bits per heavy atom. The average molecular weight is 649 g/mol. The Labute approximate surface area is 295 Å². The van der Waals surface area contributed by atoms with Crippen molar-refractivity contribution in [3.63, 3.8) is 0 Å². The first-order valence-electron chi connectivity index (χ1n) is 17.9. The molecule has 2 aromatic heterocycles. The van der Waals surface area contributed by atoms with Crippen molar-refractivity contribution in [3.05, 3.63) is 169 Å². The standard InChI is InChI=1S/C49H32N2/c1-49(2)41-19-8-5-14-32(41)38-27-40-39-26-29(50-43-20-9-6-15-33(43)34-16-7-10-21-44(34)50)22-24-46(39)51(47(40)28-42(38)49)45-25-23-36-31-13-4-3-12-30(31)35-17-11-18-37(45)48(35)36/h3-28H,1-2H3. The zero-order chi connectivity index (χ0) is 33.6. The molecule has 0 aliphatic heterocycles. The van der Waals surface area contributed by atoms with Crippen molar-refractivity contribution in [1.29, 1.82) is 0 Å². The molecule has 2 nitrogen and oxygen atoms in total. The molecule has 0 saturated heterocycles. The molecule has 0 saturated carbocycles. The Hall–Kier alpha value is -6.38. The highest BCUT2D eigenvalue weighted by atomic mass is 15.0. The summed E-state index contributed by atoms with van der Waals surface area (Å²) in [4.78, 5) is 0. The fourth-order valence-corrected chi connectivity index (χ4v) is 9.79. The molecule has 0 spiro atoms. The number of nitrogens with zero attached hydrogens (tertiary/aromatic N) is 2. The van der Waals surface area contributed by atoms with E-state index in [0.717, 1.165) is 0 Å². The van der Waals surface area contributed by atoms with Gasteiger partial charge in [0.05, 0.1) is 27.8 Å². The van der Waals surface area contributed by atoms with Gasteiger partial charge in [-0.15, -0.1) is 0 Å². The van der Waals surface area contributed by atoms with Gasteiger partial charge in [0.15, 0.2) is 0 Å². The van der Waals surface area contributed by atoms with Crippen LogP contribution in [0.5, 0.6) is 0 Å². The Morgan fingerprint density at radius 2 is 0.941 bits per heavy atom. The first-order chi connectivity index (χ1) is 25.1. The summed E-state index contributed by atoms with van der Waals surface area (Å²) >= 11 is 0. The summed E-state index contributed by atoms with van der Waals surface area (Å²) in [6.45, 7) is 4.76. The van der Waals surface area contributed by atoms with E-state index in [2.05, 4.69) is 181 Å². The first kappa shape index (κ1) is 27.4. The third-order valence-corrected chi connectivity index (χ3v) is 12.1. The van der Waals surface area contributed by atoms with Crippen LogP contribution < -0.4 is 0 Å². The Balaban J connectivity index is 1.21. The Kier molecular flexibility index (Phi) is 5.08. The molecule has 0 bridgehead atoms. The third-order valence-electron chi connectivity index (χ3n) is 12.1. The first-order valence-corrected chi connectivity index (χ1v) is 17.9. The predicted molar refractivity (Wildman–Crippen MR) is 215 cm³/mol. The summed E-state index contributed by atoms with van der Waals surface area (Å²) in [5.74, 6) is 0. The molecule has 0 unspecified atom stereocenters. The largest absolute Gasteiger partial charge is 0.309 e. The smallest absolute Gasteiger partial charge is 0.0544 e. The molecule has 10 aromatic rings. The van der Waals surface area contributed by atoms with Gasteiger partial charge in [-0.1, -0.05) is 123 Å². The maximum Gasteiger partial charge on any atom is 0.0544 e. The molecule has 2 aliphatic rings. The zero-order valence-corrected chi connectivity index (χ0v) is 28.4. The second-order valence-electron chi connectivity index (χ2n) is 14.9. The normalized spacial score (nSPS) is 13.8. The summed E-state index contributed by atoms with van der Waals surface area (Å²) in [6.07, 6.45) is 0. The van der Waals surface area contributed by atoms with E-state index in [9.17, 15) is 0 Å². The Morgan fingerprint density at radius 1 is 0.353 bits per heavy atom. The number of benzene rings is 8. The molecule has 2 heteroatoms. The van der Waals surface area contributed by atoms with Crippen LogP contribution in [0.1, 0.15) is 25.0 Å². The van der Waals surface area contributed by atoms with E-state index in [1.165, 1.54) is 110 Å². The summed E-state index contributed by atoms with van der Waals surface area (Å²) in [5.41, 5.74) is 18.0. The van der Waals surface area contributed by atoms with Gasteiger partial charge < -0.3 is 9.13 Å². The van der Waals surface area contributed by atoms with Crippen LogP contribution in [-0.4, -0.2) is 9.13 Å². The molecule has 238 valence electrons. The van der Waals surface area contributed by atoms with Gasteiger partial charge >= 0.3 is 0 Å². The molecule has 12 rings (SSSR count). The fourth-order valence-electron chi connectivity index (χ4n) is 9.79. The van der Waals surface area contributed by atoms with E-state index in [-0.39, 0.29) is 5.41 Å². The van der Waals surface area contributed by atoms with E-state index < -0.39 is 0 Å². The van der Waals surface area contributed by atoms with Crippen LogP contribution in [0.25, 0.3) is 99.1 Å². The average Bonchev–Trinajstić information content (AvgIpc) is 3.86. The molecule has 8 aromatic carbocycles. The lowest BCUT2D eigenvalue weighted by Crippen LogP contribution is -2.15. The second-order valence-corrected chi connectivity index (χ2v) is 14.9. The van der Waals surface area contributed by atoms with Gasteiger partial charge in [0.2, 0.25) is 0 Å². The highest BCUT2D eigenvalue weighted by Gasteiger charge is 2.36. The van der Waals surface area contributed by atoms with Gasteiger partial charge in [0.1, 0.15) is 0 Å². The van der Waals surface area contributed by atoms with E-state index in [1.54, 1.807) is 0 Å². The van der Waals surface area contributed by atoms with E-state index >= 15 is 0 Å². The predicted octanol–water partition coefficient (Wildman–Crippen LogP) is 13.0. The van der Waals surface area contributed by atoms with Gasteiger partial charge in [-0.05, 0) is 98.4 Å². The SMILES string of the molecule is CC1(C)c2ccccc2-c2cc3c4cc(-n5c6ccccc6c6ccccc65)ccc4n(-c4ccc5c6c(cccc46)-c4ccccc4-5)c3cc21. The van der Waals surface area contributed by atoms with E-state index in [4.69, 9.17) is 0 Å². The van der Waals surface area contributed by atoms with Gasteiger partial charge in [-0.2, -0.15) is 0 Å². The molecule has 2 heterocycles. The van der Waals surface area contributed by atoms with Crippen molar-refractivity contribution in [1.82, 2.24) is 9.13 Å². The molecule has 0 fully saturated rings. The number of hydrogen-bond donors (Lipinski definition) is 0. The lowest BCUT2D eigenvalue weighted by atomic mass is 9.82. The minimum absolute atomic E-state index is 0.0980. The summed E-state index contributed by atoms with van der Waals surface area (Å²) < 4.78 is 4.99. The second kappa shape index (κ2) is 9.44. The lowest BCUT2D eigenvalue weighted by molar-refractivity contribution is 0.661. The van der Waals surface area contributed by atoms with Crippen LogP contribution in [0.3, 0.4) is 0 Å². The summed E-state index contributed by atoms with van der Waals surface area (Å²) in [6, 6.07) is 59.1. The van der Waals surface area contributed by atoms with E-state index in [1.807, 2.05) is 0 Å². The maximum atomic E-state index is 2.55. The lowest BCUT2D eigenvalue weighted by Gasteiger charge is -2.22. The summed E-state index contributed by atoms with van der Waals surface area (Å²) in [7, 11) is 0. The topological polar surface area (TPSA) is 9.86 Å². The number of fused-ring (bicyclic) bond motifs is 12. The van der Waals surface area contributed by atoms with Crippen molar-refractivity contribution in [3.8, 4) is 44.8 Å². The molecule has 0 radical (unpaired) electrons. The fraction of sp³-hybridized carbons (Fsp3) is 0.0612. The molecular formula is C49H32N2. The van der Waals surface area contributed by atoms with Crippen LogP contribution in [0.4, 0.5) is 0 Å². The van der Waals surface area contributed by atoms with Crippen molar-refractivity contribution in [2.75, 3.05) is 0 Å². The van der Waals surface area contributed by atoms with Crippen molar-refractivity contribution in [2.24, 2.45) is 0 Å². The van der Waals surface area contributed by atoms with Crippen LogP contribution in [0, 0.1) is 0 Å². The zero-order valence-electron chi connectivity index (χ0n) is 28.4. The molecular weight excluding hydrogens is 617 g/mol. The van der Waals surface area contributed by atoms with Crippen molar-refractivity contribution < 1.29 is 0 Å². The molecule has 0 amide bonds. The minimum atomic E-state index is -0.0980. The van der Waals surface area contributed by atoms with Crippen molar-refractivity contribution in [2.45, 2.75) is 19.3 Å². The van der Waals surface area contributed by atoms with Gasteiger partial charge in [-0.3, -0.25) is 0 Å². The molecule has 0 atom stereocenters. The molecule has 51 heavy (non-hydrogen) atoms. The van der Waals surface area contributed by atoms with Gasteiger partial charge in [-0.25, -0.2) is 0 Å². The molecule has 0 N–H and O–H groups in total. The number of para-hydroxylation sites is 2. The van der Waals surface area contributed by atoms with Crippen LogP contribution in [-0.2, 0) is 5.41 Å². The monoisotopic (exact) mass is 648 g/mol. The van der Waals surface area contributed by atoms with Crippen molar-refractivity contribution >= 4 is 54.4 Å². The van der Waals surface area contributed by atoms with Crippen LogP contribution in [0.2, 0.25) is 0 Å². The highest BCUT2D eigenvalue weighted by Crippen LogP contribution is 2.53. The Bertz CT molecular complexity index is 3080.